The number of carbonyl (C=O) groups excluding carboxylic acids is 2. The van der Waals surface area contributed by atoms with Gasteiger partial charge in [-0.25, -0.2) is 4.57 Å². The lowest BCUT2D eigenvalue weighted by molar-refractivity contribution is -0.870. The third-order valence-electron chi connectivity index (χ3n) is 11.3. The third-order valence-corrected chi connectivity index (χ3v) is 12.3. The van der Waals surface area contributed by atoms with Crippen molar-refractivity contribution in [3.63, 3.8) is 0 Å². The number of nitrogens with zero attached hydrogens (tertiary/aromatic N) is 1. The van der Waals surface area contributed by atoms with Crippen LogP contribution in [-0.2, 0) is 32.7 Å². The van der Waals surface area contributed by atoms with Gasteiger partial charge in [0.15, 0.2) is 6.10 Å². The van der Waals surface area contributed by atoms with Gasteiger partial charge in [0.25, 0.3) is 0 Å². The minimum absolute atomic E-state index is 0.0325. The molecular weight excluding hydrogens is 834 g/mol. The molecule has 0 aromatic rings. The topological polar surface area (TPSA) is 108 Å². The number of esters is 2. The van der Waals surface area contributed by atoms with E-state index in [2.05, 4.69) is 74.6 Å². The Morgan fingerprint density at radius 3 is 1.31 bits per heavy atom. The van der Waals surface area contributed by atoms with Crippen molar-refractivity contribution in [2.24, 2.45) is 0 Å². The standard InChI is InChI=1S/C55H100NO8P/c1-6-8-10-12-14-15-16-17-18-19-20-21-22-23-24-25-26-27-28-29-30-31-32-33-34-35-36-37-38-39-40-41-42-44-46-48-55(58)64-53(51-61-54(57)47-45-43-13-11-9-7-2)52-63-65(59,60)62-50-49-56(3,4)5/h8,10,14-15,17-18,20-21,23-24,53H,6-7,9,11-13,16,19,22,25-52H2,1-5H3/p+1/b10-8-,15-14-,18-17-,21-20-,24-23-. The normalized spacial score (nSPS) is 13.9. The average Bonchev–Trinajstić information content (AvgIpc) is 3.26. The van der Waals surface area contributed by atoms with Crippen molar-refractivity contribution in [3.05, 3.63) is 60.8 Å². The molecule has 0 aromatic carbocycles. The summed E-state index contributed by atoms with van der Waals surface area (Å²) in [6.45, 7) is 4.25. The summed E-state index contributed by atoms with van der Waals surface area (Å²) in [5.41, 5.74) is 0. The predicted octanol–water partition coefficient (Wildman–Crippen LogP) is 16.0. The molecule has 0 saturated carbocycles. The van der Waals surface area contributed by atoms with Gasteiger partial charge < -0.3 is 18.9 Å². The van der Waals surface area contributed by atoms with E-state index in [0.29, 0.717) is 17.4 Å². The smallest absolute Gasteiger partial charge is 0.462 e. The number of unbranched alkanes of at least 4 members (excludes halogenated alkanes) is 24. The van der Waals surface area contributed by atoms with Crippen LogP contribution in [0.25, 0.3) is 0 Å². The molecule has 2 atom stereocenters. The largest absolute Gasteiger partial charge is 0.472 e. The molecule has 0 aliphatic heterocycles. The van der Waals surface area contributed by atoms with Gasteiger partial charge in [0.1, 0.15) is 19.8 Å². The number of phosphoric acid groups is 1. The molecule has 0 rings (SSSR count). The molecule has 378 valence electrons. The summed E-state index contributed by atoms with van der Waals surface area (Å²) in [5, 5.41) is 0. The van der Waals surface area contributed by atoms with Crippen molar-refractivity contribution in [1.29, 1.82) is 0 Å². The summed E-state index contributed by atoms with van der Waals surface area (Å²) < 4.78 is 34.2. The van der Waals surface area contributed by atoms with Crippen molar-refractivity contribution >= 4 is 19.8 Å². The fourth-order valence-corrected chi connectivity index (χ4v) is 7.96. The number of hydrogen-bond donors (Lipinski definition) is 1. The molecule has 0 amide bonds. The van der Waals surface area contributed by atoms with E-state index >= 15 is 0 Å². The van der Waals surface area contributed by atoms with Crippen LogP contribution in [0.4, 0.5) is 0 Å². The van der Waals surface area contributed by atoms with Crippen LogP contribution < -0.4 is 0 Å². The molecule has 0 aliphatic carbocycles. The molecule has 9 nitrogen and oxygen atoms in total. The summed E-state index contributed by atoms with van der Waals surface area (Å²) >= 11 is 0. The van der Waals surface area contributed by atoms with Crippen LogP contribution in [0.2, 0.25) is 0 Å². The quantitative estimate of drug-likeness (QED) is 0.0211. The van der Waals surface area contributed by atoms with E-state index in [1.165, 1.54) is 122 Å². The Hall–Kier alpha value is -2.29. The molecule has 0 radical (unpaired) electrons. The van der Waals surface area contributed by atoms with Crippen LogP contribution in [0.15, 0.2) is 60.8 Å². The minimum Gasteiger partial charge on any atom is -0.462 e. The number of rotatable bonds is 48. The van der Waals surface area contributed by atoms with Crippen LogP contribution >= 0.6 is 7.82 Å². The van der Waals surface area contributed by atoms with E-state index < -0.39 is 26.5 Å². The Morgan fingerprint density at radius 1 is 0.492 bits per heavy atom. The van der Waals surface area contributed by atoms with Crippen LogP contribution in [-0.4, -0.2) is 74.9 Å². The first kappa shape index (κ1) is 62.7. The van der Waals surface area contributed by atoms with E-state index in [4.69, 9.17) is 18.5 Å². The van der Waals surface area contributed by atoms with Gasteiger partial charge in [0.2, 0.25) is 0 Å². The molecule has 2 unspecified atom stereocenters. The highest BCUT2D eigenvalue weighted by Gasteiger charge is 2.27. The van der Waals surface area contributed by atoms with Crippen LogP contribution in [0.3, 0.4) is 0 Å². The number of likely N-dealkylation sites (N-methyl/N-ethyl adjacent to an activating group) is 1. The van der Waals surface area contributed by atoms with E-state index in [1.54, 1.807) is 0 Å². The fraction of sp³-hybridized carbons (Fsp3) is 0.782. The van der Waals surface area contributed by atoms with Crippen molar-refractivity contribution in [2.75, 3.05) is 47.5 Å². The molecule has 0 bridgehead atoms. The van der Waals surface area contributed by atoms with Gasteiger partial charge in [-0.2, -0.15) is 0 Å². The monoisotopic (exact) mass is 935 g/mol. The third kappa shape index (κ3) is 51.0. The van der Waals surface area contributed by atoms with E-state index in [9.17, 15) is 19.0 Å². The first-order valence-corrected chi connectivity index (χ1v) is 28.0. The summed E-state index contributed by atoms with van der Waals surface area (Å²) in [4.78, 5) is 35.2. The van der Waals surface area contributed by atoms with Crippen molar-refractivity contribution in [3.8, 4) is 0 Å². The molecule has 0 saturated heterocycles. The molecule has 0 heterocycles. The minimum atomic E-state index is -4.37. The number of phosphoric ester groups is 1. The van der Waals surface area contributed by atoms with Crippen molar-refractivity contribution in [1.82, 2.24) is 0 Å². The molecule has 10 heteroatoms. The zero-order chi connectivity index (χ0) is 47.8. The maximum absolute atomic E-state index is 12.7. The summed E-state index contributed by atoms with van der Waals surface area (Å²) in [6, 6.07) is 0. The Kier molecular flexibility index (Phi) is 45.2. The highest BCUT2D eigenvalue weighted by atomic mass is 31.2. The van der Waals surface area contributed by atoms with E-state index in [1.807, 2.05) is 21.1 Å². The lowest BCUT2D eigenvalue weighted by atomic mass is 10.0. The maximum atomic E-state index is 12.7. The van der Waals surface area contributed by atoms with Crippen molar-refractivity contribution < 1.29 is 42.1 Å². The number of hydrogen-bond acceptors (Lipinski definition) is 7. The maximum Gasteiger partial charge on any atom is 0.472 e. The number of quaternary nitrogens is 1. The van der Waals surface area contributed by atoms with Crippen LogP contribution in [0, 0.1) is 0 Å². The highest BCUT2D eigenvalue weighted by molar-refractivity contribution is 7.47. The molecule has 65 heavy (non-hydrogen) atoms. The second-order valence-electron chi connectivity index (χ2n) is 18.9. The molecule has 0 fully saturated rings. The zero-order valence-corrected chi connectivity index (χ0v) is 43.6. The zero-order valence-electron chi connectivity index (χ0n) is 42.7. The SMILES string of the molecule is CC/C=C\C/C=C\C/C=C\C/C=C\C/C=C\CCCCCCCCCCCCCCCCCCCCCC(=O)OC(COC(=O)CCCCCCCC)COP(=O)(O)OCC[N+](C)(C)C. The highest BCUT2D eigenvalue weighted by Crippen LogP contribution is 2.43. The van der Waals surface area contributed by atoms with Crippen LogP contribution in [0.5, 0.6) is 0 Å². The first-order chi connectivity index (χ1) is 31.5. The Balaban J connectivity index is 3.86. The van der Waals surface area contributed by atoms with E-state index in [-0.39, 0.29) is 32.0 Å². The molecule has 0 spiro atoms. The Morgan fingerprint density at radius 2 is 0.877 bits per heavy atom. The second-order valence-corrected chi connectivity index (χ2v) is 20.3. The lowest BCUT2D eigenvalue weighted by Gasteiger charge is -2.24. The summed E-state index contributed by atoms with van der Waals surface area (Å²) in [6.07, 6.45) is 59.1. The van der Waals surface area contributed by atoms with Gasteiger partial charge >= 0.3 is 19.8 Å². The summed E-state index contributed by atoms with van der Waals surface area (Å²) in [7, 11) is 1.48. The van der Waals surface area contributed by atoms with Gasteiger partial charge in [-0.1, -0.05) is 216 Å². The average molecular weight is 935 g/mol. The van der Waals surface area contributed by atoms with Gasteiger partial charge in [-0.15, -0.1) is 0 Å². The van der Waals surface area contributed by atoms with Crippen LogP contribution in [0.1, 0.15) is 226 Å². The van der Waals surface area contributed by atoms with Crippen molar-refractivity contribution in [2.45, 2.75) is 232 Å². The molecule has 1 N–H and O–H groups in total. The van der Waals surface area contributed by atoms with Gasteiger partial charge in [-0.05, 0) is 57.8 Å². The first-order valence-electron chi connectivity index (χ1n) is 26.5. The molecule has 0 aromatic heterocycles. The predicted molar refractivity (Wildman–Crippen MR) is 275 cm³/mol. The fourth-order valence-electron chi connectivity index (χ4n) is 7.22. The second kappa shape index (κ2) is 46.8. The Labute approximate surface area is 400 Å². The molecule has 0 aliphatic rings. The van der Waals surface area contributed by atoms with Gasteiger partial charge in [0, 0.05) is 12.8 Å². The lowest BCUT2D eigenvalue weighted by Crippen LogP contribution is -2.37. The molecular formula is C55H101NO8P+. The Bertz CT molecular complexity index is 1290. The number of ether oxygens (including phenoxy) is 2. The van der Waals surface area contributed by atoms with Gasteiger partial charge in [-0.3, -0.25) is 18.6 Å². The number of allylic oxidation sites excluding steroid dienone is 10. The van der Waals surface area contributed by atoms with Gasteiger partial charge in [0.05, 0.1) is 27.7 Å². The number of carbonyl (C=O) groups is 2. The van der Waals surface area contributed by atoms with E-state index in [0.717, 1.165) is 70.6 Å². The summed E-state index contributed by atoms with van der Waals surface area (Å²) in [5.74, 6) is -0.802.